The first-order chi connectivity index (χ1) is 8.45. The van der Waals surface area contributed by atoms with Gasteiger partial charge in [0.25, 0.3) is 0 Å². The lowest BCUT2D eigenvalue weighted by Crippen LogP contribution is -2.12. The fourth-order valence-electron chi connectivity index (χ4n) is 2.29. The molecule has 2 aromatic rings. The lowest BCUT2D eigenvalue weighted by molar-refractivity contribution is 0.848. The third-order valence-electron chi connectivity index (χ3n) is 2.96. The van der Waals surface area contributed by atoms with Crippen LogP contribution in [0.25, 0.3) is 10.9 Å². The molecule has 0 aliphatic heterocycles. The van der Waals surface area contributed by atoms with Crippen LogP contribution in [0.15, 0.2) is 12.1 Å². The van der Waals surface area contributed by atoms with Crippen molar-refractivity contribution >= 4 is 39.8 Å². The normalized spacial score (nSPS) is 11.3. The molecule has 18 heavy (non-hydrogen) atoms. The van der Waals surface area contributed by atoms with Crippen molar-refractivity contribution in [1.82, 2.24) is 4.98 Å². The summed E-state index contributed by atoms with van der Waals surface area (Å²) in [5, 5.41) is 1.96. The largest absolute Gasteiger partial charge is 0.323 e. The van der Waals surface area contributed by atoms with Gasteiger partial charge in [0, 0.05) is 21.7 Å². The zero-order chi connectivity index (χ0) is 13.4. The molecule has 0 saturated heterocycles. The summed E-state index contributed by atoms with van der Waals surface area (Å²) in [4.78, 5) is 4.56. The summed E-state index contributed by atoms with van der Waals surface area (Å²) in [5.74, 6) is 5.97. The van der Waals surface area contributed by atoms with Gasteiger partial charge in [-0.1, -0.05) is 37.0 Å². The van der Waals surface area contributed by atoms with Gasteiger partial charge in [0.05, 0.1) is 16.2 Å². The predicted molar refractivity (Wildman–Crippen MR) is 78.4 cm³/mol. The first kappa shape index (κ1) is 13.4. The van der Waals surface area contributed by atoms with E-state index in [1.165, 1.54) is 0 Å². The second-order valence-corrected chi connectivity index (χ2v) is 5.41. The number of hydrogen-bond donors (Lipinski definition) is 2. The minimum atomic E-state index is 0.311. The van der Waals surface area contributed by atoms with Gasteiger partial charge in [0.2, 0.25) is 0 Å². The Morgan fingerprint density at radius 3 is 2.50 bits per heavy atom. The van der Waals surface area contributed by atoms with Gasteiger partial charge < -0.3 is 5.43 Å². The van der Waals surface area contributed by atoms with Crippen LogP contribution >= 0.6 is 23.2 Å². The summed E-state index contributed by atoms with van der Waals surface area (Å²) in [6, 6.07) is 3.52. The fraction of sp³-hybridized carbons (Fsp3) is 0.308. The molecule has 1 aromatic heterocycles. The Labute approximate surface area is 116 Å². The lowest BCUT2D eigenvalue weighted by Gasteiger charge is -2.18. The van der Waals surface area contributed by atoms with E-state index in [1.54, 1.807) is 6.07 Å². The molecule has 0 saturated carbocycles. The quantitative estimate of drug-likeness (QED) is 0.640. The molecule has 96 valence electrons. The molecule has 2 rings (SSSR count). The summed E-state index contributed by atoms with van der Waals surface area (Å²) in [6.45, 7) is 6.16. The molecule has 3 N–H and O–H groups in total. The number of fused-ring (bicyclic) bond motifs is 1. The number of nitrogens with zero attached hydrogens (tertiary/aromatic N) is 1. The smallest absolute Gasteiger partial charge is 0.0913 e. The molecule has 0 amide bonds. The second kappa shape index (κ2) is 4.92. The molecule has 0 aliphatic carbocycles. The van der Waals surface area contributed by atoms with E-state index in [9.17, 15) is 0 Å². The van der Waals surface area contributed by atoms with Crippen LogP contribution in [0.2, 0.25) is 10.0 Å². The number of hydrogen-bond acceptors (Lipinski definition) is 3. The van der Waals surface area contributed by atoms with Crippen LogP contribution in [0, 0.1) is 6.92 Å². The number of benzene rings is 1. The molecule has 0 radical (unpaired) electrons. The average molecular weight is 284 g/mol. The number of nitrogen functional groups attached to an aromatic ring is 1. The minimum absolute atomic E-state index is 0.311. The molecule has 1 aromatic carbocycles. The molecule has 0 spiro atoms. The third-order valence-corrected chi connectivity index (χ3v) is 3.46. The highest BCUT2D eigenvalue weighted by Gasteiger charge is 2.16. The van der Waals surface area contributed by atoms with Crippen LogP contribution < -0.4 is 11.3 Å². The summed E-state index contributed by atoms with van der Waals surface area (Å²) in [6.07, 6.45) is 0. The van der Waals surface area contributed by atoms with Crippen molar-refractivity contribution in [2.24, 2.45) is 5.84 Å². The molecule has 5 heteroatoms. The molecule has 0 bridgehead atoms. The molecule has 0 unspecified atom stereocenters. The second-order valence-electron chi connectivity index (χ2n) is 4.57. The first-order valence-electron chi connectivity index (χ1n) is 5.71. The van der Waals surface area contributed by atoms with Crippen LogP contribution in [0.3, 0.4) is 0 Å². The Hall–Kier alpha value is -1.03. The van der Waals surface area contributed by atoms with E-state index in [1.807, 2.05) is 13.0 Å². The SMILES string of the molecule is Cc1nc2c(Cl)cc(Cl)cc2c(NN)c1C(C)C. The Morgan fingerprint density at radius 2 is 1.94 bits per heavy atom. The minimum Gasteiger partial charge on any atom is -0.323 e. The Balaban J connectivity index is 2.94. The number of nitrogens with two attached hydrogens (primary N) is 1. The van der Waals surface area contributed by atoms with E-state index in [-0.39, 0.29) is 0 Å². The van der Waals surface area contributed by atoms with Crippen LogP contribution in [0.5, 0.6) is 0 Å². The number of aromatic nitrogens is 1. The van der Waals surface area contributed by atoms with Gasteiger partial charge >= 0.3 is 0 Å². The first-order valence-corrected chi connectivity index (χ1v) is 6.47. The number of halogens is 2. The average Bonchev–Trinajstić information content (AvgIpc) is 2.28. The number of aryl methyl sites for hydroxylation is 1. The molecule has 1 heterocycles. The number of nitrogens with one attached hydrogen (secondary N) is 1. The number of anilines is 1. The Bertz CT molecular complexity index is 609. The van der Waals surface area contributed by atoms with E-state index in [0.29, 0.717) is 16.0 Å². The maximum atomic E-state index is 6.18. The van der Waals surface area contributed by atoms with Gasteiger partial charge in [-0.3, -0.25) is 10.8 Å². The van der Waals surface area contributed by atoms with Crippen molar-refractivity contribution in [3.8, 4) is 0 Å². The summed E-state index contributed by atoms with van der Waals surface area (Å²) >= 11 is 12.2. The molecular formula is C13H15Cl2N3. The molecule has 0 atom stereocenters. The highest BCUT2D eigenvalue weighted by molar-refractivity contribution is 6.38. The van der Waals surface area contributed by atoms with E-state index in [2.05, 4.69) is 24.3 Å². The number of pyridine rings is 1. The third kappa shape index (κ3) is 2.14. The van der Waals surface area contributed by atoms with Crippen molar-refractivity contribution in [2.45, 2.75) is 26.7 Å². The number of hydrazine groups is 1. The van der Waals surface area contributed by atoms with E-state index in [0.717, 1.165) is 27.8 Å². The zero-order valence-corrected chi connectivity index (χ0v) is 12.0. The van der Waals surface area contributed by atoms with Gasteiger partial charge in [-0.05, 0) is 25.0 Å². The number of rotatable bonds is 2. The van der Waals surface area contributed by atoms with Crippen molar-refractivity contribution in [3.63, 3.8) is 0 Å². The van der Waals surface area contributed by atoms with Crippen LogP contribution in [-0.4, -0.2) is 4.98 Å². The van der Waals surface area contributed by atoms with Gasteiger partial charge in [0.15, 0.2) is 0 Å². The highest BCUT2D eigenvalue weighted by atomic mass is 35.5. The lowest BCUT2D eigenvalue weighted by atomic mass is 9.97. The van der Waals surface area contributed by atoms with E-state index < -0.39 is 0 Å². The predicted octanol–water partition coefficient (Wildman–Crippen LogP) is 4.26. The summed E-state index contributed by atoms with van der Waals surface area (Å²) in [7, 11) is 0. The maximum Gasteiger partial charge on any atom is 0.0913 e. The van der Waals surface area contributed by atoms with Gasteiger partial charge in [-0.15, -0.1) is 0 Å². The van der Waals surface area contributed by atoms with Gasteiger partial charge in [0.1, 0.15) is 0 Å². The standard InChI is InChI=1S/C13H15Cl2N3/c1-6(2)11-7(3)17-12-9(13(11)18-16)4-8(14)5-10(12)15/h4-6H,16H2,1-3H3,(H,17,18). The molecule has 0 aliphatic rings. The summed E-state index contributed by atoms with van der Waals surface area (Å²) in [5.41, 5.74) is 6.33. The Kier molecular flexibility index (Phi) is 3.66. The summed E-state index contributed by atoms with van der Waals surface area (Å²) < 4.78 is 0. The molecule has 0 fully saturated rings. The Morgan fingerprint density at radius 1 is 1.28 bits per heavy atom. The maximum absolute atomic E-state index is 6.18. The van der Waals surface area contributed by atoms with Gasteiger partial charge in [-0.25, -0.2) is 0 Å². The van der Waals surface area contributed by atoms with Crippen LogP contribution in [0.4, 0.5) is 5.69 Å². The monoisotopic (exact) mass is 283 g/mol. The van der Waals surface area contributed by atoms with Crippen molar-refractivity contribution in [1.29, 1.82) is 0 Å². The van der Waals surface area contributed by atoms with Gasteiger partial charge in [-0.2, -0.15) is 0 Å². The van der Waals surface area contributed by atoms with Crippen molar-refractivity contribution in [2.75, 3.05) is 5.43 Å². The topological polar surface area (TPSA) is 50.9 Å². The van der Waals surface area contributed by atoms with Crippen LogP contribution in [-0.2, 0) is 0 Å². The van der Waals surface area contributed by atoms with E-state index in [4.69, 9.17) is 29.0 Å². The highest BCUT2D eigenvalue weighted by Crippen LogP contribution is 2.37. The van der Waals surface area contributed by atoms with E-state index >= 15 is 0 Å². The van der Waals surface area contributed by atoms with Crippen molar-refractivity contribution < 1.29 is 0 Å². The van der Waals surface area contributed by atoms with Crippen molar-refractivity contribution in [3.05, 3.63) is 33.4 Å². The molecular weight excluding hydrogens is 269 g/mol. The molecule has 3 nitrogen and oxygen atoms in total. The van der Waals surface area contributed by atoms with Crippen LogP contribution in [0.1, 0.15) is 31.0 Å². The fourth-order valence-corrected chi connectivity index (χ4v) is 2.82. The zero-order valence-electron chi connectivity index (χ0n) is 10.5.